The third-order valence-corrected chi connectivity index (χ3v) is 4.19. The van der Waals surface area contributed by atoms with E-state index in [4.69, 9.17) is 4.98 Å². The summed E-state index contributed by atoms with van der Waals surface area (Å²) >= 11 is 0. The first-order valence-corrected chi connectivity index (χ1v) is 8.59. The average Bonchev–Trinajstić information content (AvgIpc) is 2.63. The number of aromatic nitrogens is 1. The van der Waals surface area contributed by atoms with Gasteiger partial charge in [0, 0.05) is 11.1 Å². The molecule has 0 aliphatic heterocycles. The molecule has 0 atom stereocenters. The summed E-state index contributed by atoms with van der Waals surface area (Å²) < 4.78 is 13.4. The Bertz CT molecular complexity index is 878. The van der Waals surface area contributed by atoms with Crippen LogP contribution in [-0.2, 0) is 0 Å². The van der Waals surface area contributed by atoms with Crippen molar-refractivity contribution in [2.75, 3.05) is 0 Å². The fourth-order valence-electron chi connectivity index (χ4n) is 2.98. The van der Waals surface area contributed by atoms with Crippen molar-refractivity contribution in [3.63, 3.8) is 0 Å². The average molecular weight is 331 g/mol. The van der Waals surface area contributed by atoms with Gasteiger partial charge in [0.05, 0.1) is 11.4 Å². The van der Waals surface area contributed by atoms with Crippen LogP contribution in [0, 0.1) is 5.82 Å². The van der Waals surface area contributed by atoms with Crippen LogP contribution in [0.4, 0.5) is 4.39 Å². The molecule has 0 unspecified atom stereocenters. The molecule has 0 aliphatic carbocycles. The van der Waals surface area contributed by atoms with Gasteiger partial charge in [-0.05, 0) is 42.2 Å². The smallest absolute Gasteiger partial charge is 0.123 e. The first-order valence-electron chi connectivity index (χ1n) is 8.59. The molecule has 3 aromatic rings. The van der Waals surface area contributed by atoms with Crippen LogP contribution in [0.2, 0.25) is 0 Å². The number of hydrogen-bond acceptors (Lipinski definition) is 1. The van der Waals surface area contributed by atoms with Crippen molar-refractivity contribution in [1.29, 1.82) is 0 Å². The Kier molecular flexibility index (Phi) is 5.08. The van der Waals surface area contributed by atoms with Gasteiger partial charge < -0.3 is 0 Å². The minimum absolute atomic E-state index is 0.224. The summed E-state index contributed by atoms with van der Waals surface area (Å²) in [5, 5.41) is 0. The van der Waals surface area contributed by atoms with Crippen LogP contribution in [0.15, 0.2) is 66.7 Å². The van der Waals surface area contributed by atoms with E-state index in [-0.39, 0.29) is 11.7 Å². The molecule has 0 aliphatic rings. The van der Waals surface area contributed by atoms with Crippen LogP contribution >= 0.6 is 0 Å². The summed E-state index contributed by atoms with van der Waals surface area (Å²) in [7, 11) is 0. The Morgan fingerprint density at radius 2 is 1.60 bits per heavy atom. The van der Waals surface area contributed by atoms with Crippen molar-refractivity contribution in [2.45, 2.75) is 26.7 Å². The van der Waals surface area contributed by atoms with Gasteiger partial charge in [0.2, 0.25) is 0 Å². The number of allylic oxidation sites excluding steroid dienone is 1. The van der Waals surface area contributed by atoms with Crippen LogP contribution in [0.5, 0.6) is 0 Å². The molecule has 0 fully saturated rings. The fourth-order valence-corrected chi connectivity index (χ4v) is 2.98. The van der Waals surface area contributed by atoms with E-state index in [1.165, 1.54) is 12.1 Å². The van der Waals surface area contributed by atoms with Crippen molar-refractivity contribution >= 4 is 6.08 Å². The molecule has 1 heterocycles. The lowest BCUT2D eigenvalue weighted by molar-refractivity contribution is 0.628. The van der Waals surface area contributed by atoms with Gasteiger partial charge in [-0.2, -0.15) is 0 Å². The van der Waals surface area contributed by atoms with Crippen molar-refractivity contribution < 1.29 is 4.39 Å². The summed E-state index contributed by atoms with van der Waals surface area (Å²) in [5.74, 6) is 0.0619. The van der Waals surface area contributed by atoms with Crippen LogP contribution < -0.4 is 0 Å². The van der Waals surface area contributed by atoms with Crippen LogP contribution in [0.1, 0.15) is 37.9 Å². The van der Waals surface area contributed by atoms with Crippen LogP contribution in [0.3, 0.4) is 0 Å². The monoisotopic (exact) mass is 331 g/mol. The molecule has 25 heavy (non-hydrogen) atoms. The van der Waals surface area contributed by atoms with Crippen LogP contribution in [-0.4, -0.2) is 4.98 Å². The molecule has 0 saturated heterocycles. The number of pyridine rings is 1. The largest absolute Gasteiger partial charge is 0.252 e. The fraction of sp³-hybridized carbons (Fsp3) is 0.174. The SMILES string of the molecule is CC=Cc1c(-c2ccc(F)cc2)cc(-c2ccccc2)nc1C(C)C. The summed E-state index contributed by atoms with van der Waals surface area (Å²) in [6.45, 7) is 6.31. The lowest BCUT2D eigenvalue weighted by Gasteiger charge is -2.17. The highest BCUT2D eigenvalue weighted by molar-refractivity contribution is 5.80. The standard InChI is InChI=1S/C23H22FN/c1-4-8-20-21(17-11-13-19(24)14-12-17)15-22(25-23(20)16(2)3)18-9-6-5-7-10-18/h4-16H,1-3H3. The minimum Gasteiger partial charge on any atom is -0.252 e. The Hall–Kier alpha value is -2.74. The normalized spacial score (nSPS) is 11.4. The zero-order valence-electron chi connectivity index (χ0n) is 14.8. The van der Waals surface area contributed by atoms with Gasteiger partial charge in [0.1, 0.15) is 5.82 Å². The zero-order chi connectivity index (χ0) is 17.8. The second kappa shape index (κ2) is 7.43. The minimum atomic E-state index is -0.224. The molecule has 2 heteroatoms. The van der Waals surface area contributed by atoms with E-state index in [2.05, 4.69) is 38.1 Å². The van der Waals surface area contributed by atoms with E-state index in [9.17, 15) is 4.39 Å². The predicted molar refractivity (Wildman–Crippen MR) is 104 cm³/mol. The van der Waals surface area contributed by atoms with Crippen molar-refractivity contribution in [3.8, 4) is 22.4 Å². The second-order valence-electron chi connectivity index (χ2n) is 6.38. The molecule has 3 rings (SSSR count). The van der Waals surface area contributed by atoms with Gasteiger partial charge in [0.15, 0.2) is 0 Å². The highest BCUT2D eigenvalue weighted by atomic mass is 19.1. The van der Waals surface area contributed by atoms with E-state index in [0.29, 0.717) is 0 Å². The molecule has 0 bridgehead atoms. The first-order chi connectivity index (χ1) is 12.1. The quantitative estimate of drug-likeness (QED) is 0.517. The van der Waals surface area contributed by atoms with E-state index < -0.39 is 0 Å². The van der Waals surface area contributed by atoms with Crippen molar-refractivity contribution in [1.82, 2.24) is 4.98 Å². The predicted octanol–water partition coefficient (Wildman–Crippen LogP) is 6.71. The van der Waals surface area contributed by atoms with Crippen LogP contribution in [0.25, 0.3) is 28.5 Å². The van der Waals surface area contributed by atoms with Gasteiger partial charge >= 0.3 is 0 Å². The van der Waals surface area contributed by atoms with Gasteiger partial charge in [-0.3, -0.25) is 4.98 Å². The number of halogens is 1. The molecule has 1 nitrogen and oxygen atoms in total. The third kappa shape index (κ3) is 3.69. The maximum atomic E-state index is 13.4. The molecule has 0 amide bonds. The molecule has 126 valence electrons. The van der Waals surface area contributed by atoms with Crippen molar-refractivity contribution in [2.24, 2.45) is 0 Å². The first kappa shape index (κ1) is 17.1. The lowest BCUT2D eigenvalue weighted by Crippen LogP contribution is -2.01. The maximum Gasteiger partial charge on any atom is 0.123 e. The van der Waals surface area contributed by atoms with E-state index in [1.54, 1.807) is 0 Å². The lowest BCUT2D eigenvalue weighted by atomic mass is 9.92. The Morgan fingerprint density at radius 1 is 0.920 bits per heavy atom. The molecule has 0 radical (unpaired) electrons. The Balaban J connectivity index is 2.29. The maximum absolute atomic E-state index is 13.4. The summed E-state index contributed by atoms with van der Waals surface area (Å²) in [4.78, 5) is 4.94. The number of rotatable bonds is 4. The van der Waals surface area contributed by atoms with E-state index in [0.717, 1.165) is 33.6 Å². The van der Waals surface area contributed by atoms with Gasteiger partial charge in [-0.15, -0.1) is 0 Å². The molecule has 0 spiro atoms. The number of benzene rings is 2. The van der Waals surface area contributed by atoms with Crippen molar-refractivity contribution in [3.05, 3.63) is 83.8 Å². The number of nitrogens with zero attached hydrogens (tertiary/aromatic N) is 1. The molecule has 0 saturated carbocycles. The summed E-state index contributed by atoms with van der Waals surface area (Å²) in [5.41, 5.74) is 6.26. The number of hydrogen-bond donors (Lipinski definition) is 0. The van der Waals surface area contributed by atoms with E-state index >= 15 is 0 Å². The summed E-state index contributed by atoms with van der Waals surface area (Å²) in [6.07, 6.45) is 4.12. The molecule has 1 aromatic heterocycles. The Morgan fingerprint density at radius 3 is 2.20 bits per heavy atom. The van der Waals surface area contributed by atoms with Gasteiger partial charge in [-0.25, -0.2) is 4.39 Å². The molecular formula is C23H22FN. The van der Waals surface area contributed by atoms with Gasteiger partial charge in [0.25, 0.3) is 0 Å². The topological polar surface area (TPSA) is 12.9 Å². The van der Waals surface area contributed by atoms with Gasteiger partial charge in [-0.1, -0.05) is 68.5 Å². The Labute approximate surface area is 148 Å². The van der Waals surface area contributed by atoms with E-state index in [1.807, 2.05) is 43.3 Å². The zero-order valence-corrected chi connectivity index (χ0v) is 14.8. The molecule has 0 N–H and O–H groups in total. The molecular weight excluding hydrogens is 309 g/mol. The highest BCUT2D eigenvalue weighted by Crippen LogP contribution is 2.34. The second-order valence-corrected chi connectivity index (χ2v) is 6.38. The third-order valence-electron chi connectivity index (χ3n) is 4.19. The molecule has 2 aromatic carbocycles. The highest BCUT2D eigenvalue weighted by Gasteiger charge is 2.15. The summed E-state index contributed by atoms with van der Waals surface area (Å²) in [6, 6.07) is 18.9.